The number of piperazine rings is 1. The summed E-state index contributed by atoms with van der Waals surface area (Å²) in [5.41, 5.74) is 3.41. The molecular weight excluding hydrogens is 457 g/mol. The number of rotatable bonds is 6. The average molecular weight is 488 g/mol. The zero-order valence-electron chi connectivity index (χ0n) is 20.2. The molecule has 186 valence electrons. The smallest absolute Gasteiger partial charge is 0.154 e. The molecule has 6 rings (SSSR count). The van der Waals surface area contributed by atoms with Crippen LogP contribution in [0.2, 0.25) is 0 Å². The molecule has 1 atom stereocenters. The Hall–Kier alpha value is -3.56. The van der Waals surface area contributed by atoms with Crippen molar-refractivity contribution in [3.8, 4) is 11.4 Å². The van der Waals surface area contributed by atoms with Crippen molar-refractivity contribution in [3.05, 3.63) is 72.2 Å². The second kappa shape index (κ2) is 9.83. The Morgan fingerprint density at radius 3 is 2.64 bits per heavy atom. The first-order valence-corrected chi connectivity index (χ1v) is 12.6. The molecule has 0 amide bonds. The largest absolute Gasteiger partial charge is 0.395 e. The predicted molar refractivity (Wildman–Crippen MR) is 138 cm³/mol. The molecule has 36 heavy (non-hydrogen) atoms. The molecule has 4 aromatic rings. The second-order valence-electron chi connectivity index (χ2n) is 9.44. The minimum atomic E-state index is -0.208. The van der Waals surface area contributed by atoms with E-state index in [4.69, 9.17) is 10.1 Å². The van der Waals surface area contributed by atoms with Crippen LogP contribution in [0.1, 0.15) is 24.4 Å². The quantitative estimate of drug-likeness (QED) is 0.447. The summed E-state index contributed by atoms with van der Waals surface area (Å²) in [7, 11) is 0. The zero-order valence-corrected chi connectivity index (χ0v) is 20.2. The third kappa shape index (κ3) is 4.40. The number of β-amino-alcohol motifs (C(OH)–C–C–N with tert-alkyl or cyclic N) is 1. The standard InChI is InChI=1S/C27H30FN7O/c28-21-5-1-4-20(18-21)23-7-3-11-34(23)27-10-9-25-29-19-24(35(25)31-27)22-6-2-8-26(30-22)33-14-12-32(13-15-33)16-17-36/h1-2,4-6,8-10,18-19,23,36H,3,7,11-17H2. The van der Waals surface area contributed by atoms with Crippen molar-refractivity contribution in [2.24, 2.45) is 0 Å². The number of pyridine rings is 1. The molecule has 1 unspecified atom stereocenters. The van der Waals surface area contributed by atoms with Gasteiger partial charge < -0.3 is 14.9 Å². The number of hydrogen-bond acceptors (Lipinski definition) is 7. The lowest BCUT2D eigenvalue weighted by Crippen LogP contribution is -2.47. The summed E-state index contributed by atoms with van der Waals surface area (Å²) in [6.07, 6.45) is 3.83. The molecule has 0 saturated carbocycles. The van der Waals surface area contributed by atoms with Crippen LogP contribution in [-0.4, -0.2) is 75.5 Å². The van der Waals surface area contributed by atoms with Crippen molar-refractivity contribution in [3.63, 3.8) is 0 Å². The fourth-order valence-corrected chi connectivity index (χ4v) is 5.38. The van der Waals surface area contributed by atoms with Gasteiger partial charge in [0.1, 0.15) is 23.1 Å². The molecule has 5 heterocycles. The molecule has 1 aromatic carbocycles. The van der Waals surface area contributed by atoms with Gasteiger partial charge >= 0.3 is 0 Å². The summed E-state index contributed by atoms with van der Waals surface area (Å²) in [6.45, 7) is 5.36. The molecule has 2 saturated heterocycles. The summed E-state index contributed by atoms with van der Waals surface area (Å²) in [6, 6.07) is 17.0. The number of anilines is 2. The maximum atomic E-state index is 13.9. The van der Waals surface area contributed by atoms with Gasteiger partial charge in [-0.1, -0.05) is 18.2 Å². The Morgan fingerprint density at radius 1 is 0.944 bits per heavy atom. The average Bonchev–Trinajstić information content (AvgIpc) is 3.57. The van der Waals surface area contributed by atoms with Crippen LogP contribution < -0.4 is 9.80 Å². The van der Waals surface area contributed by atoms with E-state index >= 15 is 0 Å². The highest BCUT2D eigenvalue weighted by Gasteiger charge is 2.28. The summed E-state index contributed by atoms with van der Waals surface area (Å²) in [5.74, 6) is 1.58. The maximum absolute atomic E-state index is 13.9. The van der Waals surface area contributed by atoms with Gasteiger partial charge in [0.05, 0.1) is 24.5 Å². The molecule has 9 heteroatoms. The fraction of sp³-hybridized carbons (Fsp3) is 0.370. The number of aliphatic hydroxyl groups excluding tert-OH is 1. The topological polar surface area (TPSA) is 73.0 Å². The minimum Gasteiger partial charge on any atom is -0.395 e. The summed E-state index contributed by atoms with van der Waals surface area (Å²) >= 11 is 0. The van der Waals surface area contributed by atoms with Crippen LogP contribution in [0.5, 0.6) is 0 Å². The van der Waals surface area contributed by atoms with Gasteiger partial charge in [0.2, 0.25) is 0 Å². The Morgan fingerprint density at radius 2 is 1.81 bits per heavy atom. The molecule has 0 aliphatic carbocycles. The number of hydrogen-bond donors (Lipinski definition) is 1. The zero-order chi connectivity index (χ0) is 24.5. The van der Waals surface area contributed by atoms with Crippen LogP contribution in [-0.2, 0) is 0 Å². The number of aliphatic hydroxyl groups is 1. The van der Waals surface area contributed by atoms with Crippen LogP contribution in [0.15, 0.2) is 60.8 Å². The third-order valence-corrected chi connectivity index (χ3v) is 7.24. The molecule has 2 aliphatic rings. The van der Waals surface area contributed by atoms with E-state index in [2.05, 4.69) is 19.7 Å². The molecular formula is C27H30FN7O. The Kier molecular flexibility index (Phi) is 6.25. The van der Waals surface area contributed by atoms with E-state index < -0.39 is 0 Å². The second-order valence-corrected chi connectivity index (χ2v) is 9.44. The van der Waals surface area contributed by atoms with E-state index in [0.717, 1.165) is 79.8 Å². The fourth-order valence-electron chi connectivity index (χ4n) is 5.38. The molecule has 0 spiro atoms. The van der Waals surface area contributed by atoms with Crippen molar-refractivity contribution in [2.75, 3.05) is 55.7 Å². The lowest BCUT2D eigenvalue weighted by Gasteiger charge is -2.35. The number of benzene rings is 1. The number of halogens is 1. The monoisotopic (exact) mass is 487 g/mol. The van der Waals surface area contributed by atoms with E-state index in [-0.39, 0.29) is 18.5 Å². The van der Waals surface area contributed by atoms with Crippen LogP contribution in [0.25, 0.3) is 17.0 Å². The minimum absolute atomic E-state index is 0.101. The highest BCUT2D eigenvalue weighted by molar-refractivity contribution is 5.62. The van der Waals surface area contributed by atoms with Gasteiger partial charge in [-0.25, -0.2) is 18.9 Å². The molecule has 0 bridgehead atoms. The van der Waals surface area contributed by atoms with E-state index in [1.54, 1.807) is 12.1 Å². The summed E-state index contributed by atoms with van der Waals surface area (Å²) in [5, 5.41) is 14.2. The van der Waals surface area contributed by atoms with Crippen LogP contribution in [0, 0.1) is 5.82 Å². The van der Waals surface area contributed by atoms with Gasteiger partial charge in [-0.3, -0.25) is 4.90 Å². The Bertz CT molecular complexity index is 1350. The highest BCUT2D eigenvalue weighted by Crippen LogP contribution is 2.35. The van der Waals surface area contributed by atoms with Gasteiger partial charge in [0, 0.05) is 39.3 Å². The first-order chi connectivity index (χ1) is 17.7. The van der Waals surface area contributed by atoms with Crippen LogP contribution >= 0.6 is 0 Å². The highest BCUT2D eigenvalue weighted by atomic mass is 19.1. The van der Waals surface area contributed by atoms with Crippen LogP contribution in [0.3, 0.4) is 0 Å². The number of fused-ring (bicyclic) bond motifs is 1. The molecule has 2 aliphatic heterocycles. The Balaban J connectivity index is 1.29. The van der Waals surface area contributed by atoms with E-state index in [0.29, 0.717) is 6.54 Å². The van der Waals surface area contributed by atoms with Crippen molar-refractivity contribution >= 4 is 17.3 Å². The van der Waals surface area contributed by atoms with Gasteiger partial charge in [-0.2, -0.15) is 0 Å². The normalized spacial score (nSPS) is 18.9. The van der Waals surface area contributed by atoms with Gasteiger partial charge in [0.25, 0.3) is 0 Å². The number of imidazole rings is 1. The number of aromatic nitrogens is 4. The molecule has 0 radical (unpaired) electrons. The SMILES string of the molecule is OCCN1CCN(c2cccc(-c3cnc4ccc(N5CCCC5c5cccc(F)c5)nn34)n2)CC1. The van der Waals surface area contributed by atoms with Gasteiger partial charge in [0.15, 0.2) is 5.65 Å². The maximum Gasteiger partial charge on any atom is 0.154 e. The first kappa shape index (κ1) is 22.9. The first-order valence-electron chi connectivity index (χ1n) is 12.6. The van der Waals surface area contributed by atoms with Crippen molar-refractivity contribution in [2.45, 2.75) is 18.9 Å². The predicted octanol–water partition coefficient (Wildman–Crippen LogP) is 3.39. The van der Waals surface area contributed by atoms with Crippen molar-refractivity contribution < 1.29 is 9.50 Å². The summed E-state index contributed by atoms with van der Waals surface area (Å²) < 4.78 is 15.8. The van der Waals surface area contributed by atoms with E-state index in [1.165, 1.54) is 6.07 Å². The summed E-state index contributed by atoms with van der Waals surface area (Å²) in [4.78, 5) is 16.3. The lowest BCUT2D eigenvalue weighted by molar-refractivity contribution is 0.188. The van der Waals surface area contributed by atoms with Crippen molar-refractivity contribution in [1.82, 2.24) is 24.5 Å². The molecule has 1 N–H and O–H groups in total. The number of nitrogens with zero attached hydrogens (tertiary/aromatic N) is 7. The van der Waals surface area contributed by atoms with E-state index in [1.807, 2.05) is 47.1 Å². The van der Waals surface area contributed by atoms with E-state index in [9.17, 15) is 9.50 Å². The Labute approximate surface area is 209 Å². The lowest BCUT2D eigenvalue weighted by atomic mass is 10.0. The third-order valence-electron chi connectivity index (χ3n) is 7.24. The molecule has 3 aromatic heterocycles. The molecule has 2 fully saturated rings. The molecule has 8 nitrogen and oxygen atoms in total. The van der Waals surface area contributed by atoms with Gasteiger partial charge in [-0.05, 0) is 54.8 Å². The van der Waals surface area contributed by atoms with Crippen LogP contribution in [0.4, 0.5) is 16.0 Å². The van der Waals surface area contributed by atoms with Crippen molar-refractivity contribution in [1.29, 1.82) is 0 Å². The van der Waals surface area contributed by atoms with Gasteiger partial charge in [-0.15, -0.1) is 5.10 Å².